The van der Waals surface area contributed by atoms with Crippen molar-refractivity contribution in [1.29, 1.82) is 0 Å². The molecule has 1 N–H and O–H groups in total. The van der Waals surface area contributed by atoms with Gasteiger partial charge in [-0.1, -0.05) is 13.3 Å². The Kier molecular flexibility index (Phi) is 5.06. The van der Waals surface area contributed by atoms with Crippen LogP contribution in [0.25, 0.3) is 5.69 Å². The molecule has 1 aromatic heterocycles. The van der Waals surface area contributed by atoms with Crippen LogP contribution < -0.4 is 10.1 Å². The summed E-state index contributed by atoms with van der Waals surface area (Å²) in [5.74, 6) is 1.69. The van der Waals surface area contributed by atoms with Gasteiger partial charge in [0.1, 0.15) is 5.75 Å². The Hall–Kier alpha value is -1.49. The highest BCUT2D eigenvalue weighted by molar-refractivity contribution is 9.10. The largest absolute Gasteiger partial charge is 0.495 e. The molecule has 0 unspecified atom stereocenters. The first kappa shape index (κ1) is 14.9. The molecule has 108 valence electrons. The summed E-state index contributed by atoms with van der Waals surface area (Å²) in [6.07, 6.45) is 4.32. The van der Waals surface area contributed by atoms with Gasteiger partial charge < -0.3 is 10.1 Å². The molecule has 0 aliphatic carbocycles. The van der Waals surface area contributed by atoms with Crippen molar-refractivity contribution in [3.63, 3.8) is 0 Å². The van der Waals surface area contributed by atoms with Crippen LogP contribution in [0.4, 0.5) is 5.95 Å². The van der Waals surface area contributed by atoms with E-state index in [-0.39, 0.29) is 0 Å². The van der Waals surface area contributed by atoms with Gasteiger partial charge in [-0.15, -0.1) is 0 Å². The minimum absolute atomic E-state index is 0.813. The number of nitrogens with one attached hydrogen (secondary N) is 1. The Labute approximate surface area is 128 Å². The fourth-order valence-corrected chi connectivity index (χ4v) is 2.40. The first-order valence-corrected chi connectivity index (χ1v) is 7.58. The summed E-state index contributed by atoms with van der Waals surface area (Å²) < 4.78 is 8.35. The highest BCUT2D eigenvalue weighted by Crippen LogP contribution is 2.28. The van der Waals surface area contributed by atoms with Gasteiger partial charge >= 0.3 is 0 Å². The number of benzene rings is 1. The van der Waals surface area contributed by atoms with Crippen molar-refractivity contribution in [2.24, 2.45) is 0 Å². The van der Waals surface area contributed by atoms with E-state index in [1.54, 1.807) is 7.11 Å². The Bertz CT molecular complexity index is 580. The maximum absolute atomic E-state index is 5.35. The zero-order valence-corrected chi connectivity index (χ0v) is 13.7. The van der Waals surface area contributed by atoms with Crippen LogP contribution in [0.5, 0.6) is 5.75 Å². The summed E-state index contributed by atoms with van der Waals surface area (Å²) in [6.45, 7) is 5.11. The second kappa shape index (κ2) is 6.79. The zero-order chi connectivity index (χ0) is 14.5. The molecule has 2 rings (SSSR count). The van der Waals surface area contributed by atoms with Gasteiger partial charge in [0.2, 0.25) is 5.95 Å². The van der Waals surface area contributed by atoms with Crippen LogP contribution in [-0.4, -0.2) is 23.2 Å². The van der Waals surface area contributed by atoms with Crippen molar-refractivity contribution < 1.29 is 4.74 Å². The van der Waals surface area contributed by atoms with Gasteiger partial charge in [0, 0.05) is 18.8 Å². The first-order valence-electron chi connectivity index (χ1n) is 6.79. The molecular formula is C15H20BrN3O. The number of rotatable bonds is 6. The van der Waals surface area contributed by atoms with Gasteiger partial charge in [-0.25, -0.2) is 4.98 Å². The van der Waals surface area contributed by atoms with Crippen molar-refractivity contribution in [1.82, 2.24) is 9.55 Å². The van der Waals surface area contributed by atoms with Crippen molar-refractivity contribution in [2.75, 3.05) is 19.0 Å². The molecule has 0 radical (unpaired) electrons. The number of methoxy groups -OCH3 is 1. The third-order valence-corrected chi connectivity index (χ3v) is 3.71. The van der Waals surface area contributed by atoms with Crippen LogP contribution in [0.15, 0.2) is 28.9 Å². The highest BCUT2D eigenvalue weighted by atomic mass is 79.9. The normalized spacial score (nSPS) is 10.6. The molecule has 0 aliphatic heterocycles. The Morgan fingerprint density at radius 2 is 2.20 bits per heavy atom. The number of hydrogen-bond donors (Lipinski definition) is 1. The summed E-state index contributed by atoms with van der Waals surface area (Å²) in [6, 6.07) is 6.02. The number of unbranched alkanes of at least 4 members (excludes halogenated alkanes) is 1. The summed E-state index contributed by atoms with van der Waals surface area (Å²) in [5.41, 5.74) is 2.02. The molecule has 0 bridgehead atoms. The molecule has 1 heterocycles. The maximum atomic E-state index is 5.35. The monoisotopic (exact) mass is 337 g/mol. The van der Waals surface area contributed by atoms with E-state index in [9.17, 15) is 0 Å². The fourth-order valence-electron chi connectivity index (χ4n) is 1.99. The summed E-state index contributed by atoms with van der Waals surface area (Å²) in [5, 5.41) is 3.38. The quantitative estimate of drug-likeness (QED) is 0.804. The van der Waals surface area contributed by atoms with Crippen LogP contribution in [0, 0.1) is 6.92 Å². The minimum atomic E-state index is 0.813. The molecule has 5 heteroatoms. The molecule has 20 heavy (non-hydrogen) atoms. The SMILES string of the molecule is CCCCNc1nc(C)cn1-c1ccc(Br)c(OC)c1. The zero-order valence-electron chi connectivity index (χ0n) is 12.1. The number of nitrogens with zero attached hydrogens (tertiary/aromatic N) is 2. The molecule has 0 fully saturated rings. The number of aryl methyl sites for hydroxylation is 1. The molecule has 1 aromatic carbocycles. The van der Waals surface area contributed by atoms with Crippen LogP contribution in [0.1, 0.15) is 25.5 Å². The molecule has 0 saturated carbocycles. The van der Waals surface area contributed by atoms with E-state index in [2.05, 4.69) is 37.7 Å². The molecular weight excluding hydrogens is 318 g/mol. The van der Waals surface area contributed by atoms with E-state index >= 15 is 0 Å². The molecule has 0 amide bonds. The van der Waals surface area contributed by atoms with E-state index in [1.165, 1.54) is 6.42 Å². The van der Waals surface area contributed by atoms with E-state index < -0.39 is 0 Å². The second-order valence-corrected chi connectivity index (χ2v) is 5.53. The number of halogens is 1. The summed E-state index contributed by atoms with van der Waals surface area (Å²) in [4.78, 5) is 4.54. The number of anilines is 1. The standard InChI is InChI=1S/C15H20BrN3O/c1-4-5-8-17-15-18-11(2)10-19(15)12-6-7-13(16)14(9-12)20-3/h6-7,9-10H,4-5,8H2,1-3H3,(H,17,18). The van der Waals surface area contributed by atoms with Crippen LogP contribution >= 0.6 is 15.9 Å². The van der Waals surface area contributed by atoms with Crippen LogP contribution in [0.3, 0.4) is 0 Å². The lowest BCUT2D eigenvalue weighted by molar-refractivity contribution is 0.412. The van der Waals surface area contributed by atoms with Gasteiger partial charge in [-0.2, -0.15) is 0 Å². The molecule has 2 aromatic rings. The average molecular weight is 338 g/mol. The van der Waals surface area contributed by atoms with Gasteiger partial charge in [-0.05, 0) is 41.4 Å². The molecule has 0 atom stereocenters. The number of hydrogen-bond acceptors (Lipinski definition) is 3. The van der Waals surface area contributed by atoms with Crippen LogP contribution in [-0.2, 0) is 0 Å². The fraction of sp³-hybridized carbons (Fsp3) is 0.400. The molecule has 0 spiro atoms. The number of imidazole rings is 1. The maximum Gasteiger partial charge on any atom is 0.207 e. The van der Waals surface area contributed by atoms with Gasteiger partial charge in [0.05, 0.1) is 23.0 Å². The average Bonchev–Trinajstić information content (AvgIpc) is 2.81. The lowest BCUT2D eigenvalue weighted by Gasteiger charge is -2.11. The second-order valence-electron chi connectivity index (χ2n) is 4.68. The number of ether oxygens (including phenoxy) is 1. The van der Waals surface area contributed by atoms with Crippen molar-refractivity contribution in [3.8, 4) is 11.4 Å². The van der Waals surface area contributed by atoms with E-state index in [1.807, 2.05) is 31.3 Å². The Balaban J connectivity index is 2.31. The molecule has 0 saturated heterocycles. The van der Waals surface area contributed by atoms with Gasteiger partial charge in [0.25, 0.3) is 0 Å². The predicted molar refractivity (Wildman–Crippen MR) is 86.0 cm³/mol. The first-order chi connectivity index (χ1) is 9.65. The van der Waals surface area contributed by atoms with Crippen molar-refractivity contribution in [2.45, 2.75) is 26.7 Å². The molecule has 4 nitrogen and oxygen atoms in total. The minimum Gasteiger partial charge on any atom is -0.495 e. The van der Waals surface area contributed by atoms with Gasteiger partial charge in [0.15, 0.2) is 0 Å². The third kappa shape index (κ3) is 3.33. The lowest BCUT2D eigenvalue weighted by Crippen LogP contribution is -2.07. The topological polar surface area (TPSA) is 39.1 Å². The smallest absolute Gasteiger partial charge is 0.207 e. The van der Waals surface area contributed by atoms with Crippen LogP contribution in [0.2, 0.25) is 0 Å². The van der Waals surface area contributed by atoms with E-state index in [0.717, 1.165) is 40.5 Å². The molecule has 0 aliphatic rings. The van der Waals surface area contributed by atoms with E-state index in [4.69, 9.17) is 4.74 Å². The summed E-state index contributed by atoms with van der Waals surface area (Å²) in [7, 11) is 1.67. The lowest BCUT2D eigenvalue weighted by atomic mass is 10.3. The number of aromatic nitrogens is 2. The predicted octanol–water partition coefficient (Wildman–Crippen LogP) is 4.16. The van der Waals surface area contributed by atoms with Gasteiger partial charge in [-0.3, -0.25) is 4.57 Å². The summed E-state index contributed by atoms with van der Waals surface area (Å²) >= 11 is 3.47. The third-order valence-electron chi connectivity index (χ3n) is 3.05. The van der Waals surface area contributed by atoms with E-state index in [0.29, 0.717) is 0 Å². The van der Waals surface area contributed by atoms with Crippen molar-refractivity contribution >= 4 is 21.9 Å². The van der Waals surface area contributed by atoms with Crippen molar-refractivity contribution in [3.05, 3.63) is 34.6 Å². The Morgan fingerprint density at radius 1 is 1.40 bits per heavy atom. The highest BCUT2D eigenvalue weighted by Gasteiger charge is 2.09. The Morgan fingerprint density at radius 3 is 2.90 bits per heavy atom.